The van der Waals surface area contributed by atoms with E-state index in [4.69, 9.17) is 9.47 Å². The molecule has 0 atom stereocenters. The van der Waals surface area contributed by atoms with E-state index in [-0.39, 0.29) is 35.9 Å². The van der Waals surface area contributed by atoms with Gasteiger partial charge in [0.05, 0.1) is 19.6 Å². The van der Waals surface area contributed by atoms with Crippen LogP contribution in [-0.2, 0) is 16.1 Å². The Labute approximate surface area is 167 Å². The Morgan fingerprint density at radius 3 is 2.60 bits per heavy atom. The maximum Gasteiger partial charge on any atom is 0.309 e. The third-order valence-electron chi connectivity index (χ3n) is 4.26. The van der Waals surface area contributed by atoms with E-state index in [1.165, 1.54) is 0 Å². The molecule has 0 radical (unpaired) electrons. The lowest BCUT2D eigenvalue weighted by atomic mass is 9.97. The summed E-state index contributed by atoms with van der Waals surface area (Å²) >= 11 is 0. The molecule has 0 aliphatic carbocycles. The highest BCUT2D eigenvalue weighted by molar-refractivity contribution is 14.0. The van der Waals surface area contributed by atoms with Crippen LogP contribution >= 0.6 is 24.0 Å². The van der Waals surface area contributed by atoms with Crippen LogP contribution in [0.25, 0.3) is 0 Å². The van der Waals surface area contributed by atoms with E-state index in [1.807, 2.05) is 31.2 Å². The summed E-state index contributed by atoms with van der Waals surface area (Å²) in [7, 11) is 3.45. The Hall–Kier alpha value is -1.51. The number of likely N-dealkylation sites (tertiary alicyclic amines) is 1. The van der Waals surface area contributed by atoms with Crippen LogP contribution in [0.2, 0.25) is 0 Å². The molecule has 1 aromatic rings. The van der Waals surface area contributed by atoms with Gasteiger partial charge in [0.1, 0.15) is 5.75 Å². The van der Waals surface area contributed by atoms with Gasteiger partial charge in [-0.1, -0.05) is 18.2 Å². The number of hydrogen-bond donors (Lipinski definition) is 1. The number of ether oxygens (including phenoxy) is 2. The SMILES string of the molecule is CCOC(=O)C1CCN(C(=NC)NCc2ccccc2OC)CC1.I. The number of carbonyl (C=O) groups excluding carboxylic acids is 1. The van der Waals surface area contributed by atoms with Crippen molar-refractivity contribution in [3.05, 3.63) is 29.8 Å². The quantitative estimate of drug-likeness (QED) is 0.316. The second kappa shape index (κ2) is 11.2. The van der Waals surface area contributed by atoms with Crippen molar-refractivity contribution in [2.75, 3.05) is 33.9 Å². The van der Waals surface area contributed by atoms with Crippen LogP contribution in [0, 0.1) is 5.92 Å². The zero-order chi connectivity index (χ0) is 17.4. The van der Waals surface area contributed by atoms with Gasteiger partial charge < -0.3 is 19.7 Å². The van der Waals surface area contributed by atoms with Crippen molar-refractivity contribution in [3.63, 3.8) is 0 Å². The molecular weight excluding hydrogens is 433 g/mol. The molecule has 0 spiro atoms. The molecule has 7 heteroatoms. The smallest absolute Gasteiger partial charge is 0.309 e. The number of nitrogens with zero attached hydrogens (tertiary/aromatic N) is 2. The molecule has 6 nitrogen and oxygen atoms in total. The monoisotopic (exact) mass is 461 g/mol. The lowest BCUT2D eigenvalue weighted by molar-refractivity contribution is -0.149. The standard InChI is InChI=1S/C18H27N3O3.HI/c1-4-24-17(22)14-9-11-21(12-10-14)18(19-2)20-13-15-7-5-6-8-16(15)23-3;/h5-8,14H,4,9-13H2,1-3H3,(H,19,20);1H. The summed E-state index contributed by atoms with van der Waals surface area (Å²) in [5, 5.41) is 3.38. The molecule has 140 valence electrons. The average Bonchev–Trinajstić information content (AvgIpc) is 2.63. The number of para-hydroxylation sites is 1. The van der Waals surface area contributed by atoms with Crippen molar-refractivity contribution >= 4 is 35.9 Å². The summed E-state index contributed by atoms with van der Waals surface area (Å²) in [4.78, 5) is 18.4. The van der Waals surface area contributed by atoms with Gasteiger partial charge in [-0.2, -0.15) is 0 Å². The predicted molar refractivity (Wildman–Crippen MR) is 110 cm³/mol. The minimum Gasteiger partial charge on any atom is -0.496 e. The molecule has 1 aliphatic rings. The fraction of sp³-hybridized carbons (Fsp3) is 0.556. The number of piperidine rings is 1. The summed E-state index contributed by atoms with van der Waals surface area (Å²) in [5.74, 6) is 1.65. The van der Waals surface area contributed by atoms with Gasteiger partial charge in [-0.3, -0.25) is 9.79 Å². The molecule has 25 heavy (non-hydrogen) atoms. The molecule has 0 amide bonds. The number of methoxy groups -OCH3 is 1. The van der Waals surface area contributed by atoms with E-state index in [2.05, 4.69) is 15.2 Å². The summed E-state index contributed by atoms with van der Waals surface area (Å²) in [6.45, 7) is 4.54. The summed E-state index contributed by atoms with van der Waals surface area (Å²) < 4.78 is 10.5. The first kappa shape index (κ1) is 21.5. The van der Waals surface area contributed by atoms with Crippen LogP contribution in [0.1, 0.15) is 25.3 Å². The van der Waals surface area contributed by atoms with Crippen molar-refractivity contribution in [1.82, 2.24) is 10.2 Å². The Kier molecular flexibility index (Phi) is 9.62. The largest absolute Gasteiger partial charge is 0.496 e. The highest BCUT2D eigenvalue weighted by atomic mass is 127. The van der Waals surface area contributed by atoms with Gasteiger partial charge in [-0.15, -0.1) is 24.0 Å². The summed E-state index contributed by atoms with van der Waals surface area (Å²) in [6.07, 6.45) is 1.60. The molecular formula is C18H28IN3O3. The maximum absolute atomic E-state index is 11.8. The topological polar surface area (TPSA) is 63.2 Å². The van der Waals surface area contributed by atoms with Crippen molar-refractivity contribution in [2.24, 2.45) is 10.9 Å². The van der Waals surface area contributed by atoms with Crippen molar-refractivity contribution < 1.29 is 14.3 Å². The van der Waals surface area contributed by atoms with Gasteiger partial charge in [-0.25, -0.2) is 0 Å². The van der Waals surface area contributed by atoms with Crippen LogP contribution in [0.15, 0.2) is 29.3 Å². The van der Waals surface area contributed by atoms with E-state index in [0.717, 1.165) is 43.2 Å². The fourth-order valence-corrected chi connectivity index (χ4v) is 2.94. The van der Waals surface area contributed by atoms with Crippen LogP contribution in [-0.4, -0.2) is 50.7 Å². The van der Waals surface area contributed by atoms with Gasteiger partial charge in [0.2, 0.25) is 0 Å². The van der Waals surface area contributed by atoms with Gasteiger partial charge in [0, 0.05) is 32.2 Å². The molecule has 0 unspecified atom stereocenters. The molecule has 1 N–H and O–H groups in total. The van der Waals surface area contributed by atoms with E-state index >= 15 is 0 Å². The number of guanidine groups is 1. The molecule has 0 saturated carbocycles. The Morgan fingerprint density at radius 2 is 2.00 bits per heavy atom. The van der Waals surface area contributed by atoms with E-state index < -0.39 is 0 Å². The van der Waals surface area contributed by atoms with Gasteiger partial charge in [-0.05, 0) is 25.8 Å². The average molecular weight is 461 g/mol. The Bertz CT molecular complexity index is 572. The molecule has 1 fully saturated rings. The van der Waals surface area contributed by atoms with Crippen molar-refractivity contribution in [1.29, 1.82) is 0 Å². The second-order valence-electron chi connectivity index (χ2n) is 5.73. The predicted octanol–water partition coefficient (Wildman–Crippen LogP) is 2.66. The van der Waals surface area contributed by atoms with E-state index in [9.17, 15) is 4.79 Å². The van der Waals surface area contributed by atoms with Crippen LogP contribution in [0.3, 0.4) is 0 Å². The lowest BCUT2D eigenvalue weighted by Gasteiger charge is -2.33. The maximum atomic E-state index is 11.8. The normalized spacial score (nSPS) is 15.3. The fourth-order valence-electron chi connectivity index (χ4n) is 2.94. The number of benzene rings is 1. The van der Waals surface area contributed by atoms with Gasteiger partial charge >= 0.3 is 5.97 Å². The van der Waals surface area contributed by atoms with Crippen molar-refractivity contribution in [3.8, 4) is 5.75 Å². The first-order valence-electron chi connectivity index (χ1n) is 8.43. The van der Waals surface area contributed by atoms with Crippen LogP contribution in [0.4, 0.5) is 0 Å². The Balaban J connectivity index is 0.00000312. The molecule has 1 heterocycles. The number of nitrogens with one attached hydrogen (secondary N) is 1. The first-order valence-corrected chi connectivity index (χ1v) is 8.43. The van der Waals surface area contributed by atoms with E-state index in [0.29, 0.717) is 13.2 Å². The number of rotatable bonds is 5. The third kappa shape index (κ3) is 6.05. The van der Waals surface area contributed by atoms with Gasteiger partial charge in [0.15, 0.2) is 5.96 Å². The molecule has 1 aliphatic heterocycles. The van der Waals surface area contributed by atoms with E-state index in [1.54, 1.807) is 14.2 Å². The number of esters is 1. The summed E-state index contributed by atoms with van der Waals surface area (Å²) in [5.41, 5.74) is 1.09. The number of halogens is 1. The molecule has 1 saturated heterocycles. The van der Waals surface area contributed by atoms with Crippen molar-refractivity contribution in [2.45, 2.75) is 26.3 Å². The minimum atomic E-state index is -0.0749. The molecule has 1 aromatic carbocycles. The number of carbonyl (C=O) groups is 1. The lowest BCUT2D eigenvalue weighted by Crippen LogP contribution is -2.46. The number of aliphatic imine (C=N–C) groups is 1. The minimum absolute atomic E-state index is 0. The van der Waals surface area contributed by atoms with Crippen LogP contribution < -0.4 is 10.1 Å². The number of hydrogen-bond acceptors (Lipinski definition) is 4. The highest BCUT2D eigenvalue weighted by Gasteiger charge is 2.27. The second-order valence-corrected chi connectivity index (χ2v) is 5.73. The molecule has 2 rings (SSSR count). The zero-order valence-corrected chi connectivity index (χ0v) is 17.5. The summed E-state index contributed by atoms with van der Waals surface area (Å²) in [6, 6.07) is 7.93. The van der Waals surface area contributed by atoms with Gasteiger partial charge in [0.25, 0.3) is 0 Å². The Morgan fingerprint density at radius 1 is 1.32 bits per heavy atom. The highest BCUT2D eigenvalue weighted by Crippen LogP contribution is 2.20. The van der Waals surface area contributed by atoms with Crippen LogP contribution in [0.5, 0.6) is 5.75 Å². The zero-order valence-electron chi connectivity index (χ0n) is 15.2. The molecule has 0 aromatic heterocycles. The first-order chi connectivity index (χ1) is 11.7. The molecule has 0 bridgehead atoms. The third-order valence-corrected chi connectivity index (χ3v) is 4.26.